The van der Waals surface area contributed by atoms with Gasteiger partial charge < -0.3 is 13.6 Å². The summed E-state index contributed by atoms with van der Waals surface area (Å²) in [5.41, 5.74) is 2.61. The molecule has 184 valence electrons. The number of benzene rings is 2. The number of rotatable bonds is 10. The number of furan rings is 2. The van der Waals surface area contributed by atoms with Crippen LogP contribution in [-0.4, -0.2) is 32.4 Å². The molecule has 0 unspecified atom stereocenters. The number of amides is 1. The van der Waals surface area contributed by atoms with Crippen LogP contribution in [0.15, 0.2) is 104 Å². The van der Waals surface area contributed by atoms with Crippen molar-refractivity contribution < 1.29 is 31.6 Å². The molecule has 4 rings (SSSR count). The SMILES string of the molecule is CCOc1ccc(S(=O)(=O)Nc2ccc(C(=O)N/N=C(/C(=O)c3ccco3)c3ccco3)cc2)cc1. The van der Waals surface area contributed by atoms with Crippen molar-refractivity contribution >= 4 is 33.1 Å². The number of nitrogens with zero attached hydrogens (tertiary/aromatic N) is 1. The Morgan fingerprint density at radius 3 is 2.11 bits per heavy atom. The molecular weight excluding hydrogens is 486 g/mol. The van der Waals surface area contributed by atoms with Gasteiger partial charge in [-0.05, 0) is 79.7 Å². The average Bonchev–Trinajstić information content (AvgIpc) is 3.60. The van der Waals surface area contributed by atoms with Crippen molar-refractivity contribution in [3.63, 3.8) is 0 Å². The van der Waals surface area contributed by atoms with Gasteiger partial charge in [0.15, 0.2) is 17.2 Å². The molecule has 0 atom stereocenters. The Balaban J connectivity index is 1.45. The van der Waals surface area contributed by atoms with Crippen molar-refractivity contribution in [2.24, 2.45) is 5.10 Å². The van der Waals surface area contributed by atoms with E-state index in [9.17, 15) is 18.0 Å². The summed E-state index contributed by atoms with van der Waals surface area (Å²) >= 11 is 0. The van der Waals surface area contributed by atoms with Gasteiger partial charge in [-0.15, -0.1) is 0 Å². The molecule has 4 aromatic rings. The molecule has 0 radical (unpaired) electrons. The molecule has 0 fully saturated rings. The van der Waals surface area contributed by atoms with Crippen LogP contribution in [0.1, 0.15) is 33.6 Å². The number of carbonyl (C=O) groups is 2. The normalized spacial score (nSPS) is 11.6. The number of ether oxygens (including phenoxy) is 1. The van der Waals surface area contributed by atoms with Gasteiger partial charge in [0.05, 0.1) is 24.0 Å². The van der Waals surface area contributed by atoms with Crippen molar-refractivity contribution in [3.8, 4) is 5.75 Å². The van der Waals surface area contributed by atoms with Gasteiger partial charge >= 0.3 is 0 Å². The van der Waals surface area contributed by atoms with Gasteiger partial charge in [-0.25, -0.2) is 13.8 Å². The summed E-state index contributed by atoms with van der Waals surface area (Å²) in [5, 5.41) is 3.93. The summed E-state index contributed by atoms with van der Waals surface area (Å²) in [5.74, 6) is -0.448. The third-order valence-corrected chi connectivity index (χ3v) is 6.23. The highest BCUT2D eigenvalue weighted by atomic mass is 32.2. The van der Waals surface area contributed by atoms with Crippen molar-refractivity contribution in [1.29, 1.82) is 0 Å². The summed E-state index contributed by atoms with van der Waals surface area (Å²) in [6, 6.07) is 17.8. The number of carbonyl (C=O) groups excluding carboxylic acids is 2. The van der Waals surface area contributed by atoms with Crippen LogP contribution in [0, 0.1) is 0 Å². The van der Waals surface area contributed by atoms with Crippen LogP contribution < -0.4 is 14.9 Å². The monoisotopic (exact) mass is 507 g/mol. The minimum absolute atomic E-state index is 0.0311. The number of hydrogen-bond donors (Lipinski definition) is 2. The molecule has 1 amide bonds. The van der Waals surface area contributed by atoms with Crippen LogP contribution in [0.4, 0.5) is 5.69 Å². The molecule has 2 aromatic heterocycles. The van der Waals surface area contributed by atoms with Crippen LogP contribution in [0.3, 0.4) is 0 Å². The molecule has 0 saturated heterocycles. The van der Waals surface area contributed by atoms with Gasteiger partial charge in [0.2, 0.25) is 0 Å². The van der Waals surface area contributed by atoms with E-state index in [1.54, 1.807) is 24.3 Å². The molecule has 36 heavy (non-hydrogen) atoms. The minimum atomic E-state index is -3.84. The average molecular weight is 508 g/mol. The van der Waals surface area contributed by atoms with E-state index in [4.69, 9.17) is 13.6 Å². The molecule has 10 nitrogen and oxygen atoms in total. The number of Topliss-reactive ketones (excluding diaryl/α,β-unsaturated/α-hetero) is 1. The van der Waals surface area contributed by atoms with Crippen LogP contribution in [0.2, 0.25) is 0 Å². The Hall–Kier alpha value is -4.64. The first-order valence-electron chi connectivity index (χ1n) is 10.7. The lowest BCUT2D eigenvalue weighted by molar-refractivity contribution is 0.0954. The number of nitrogens with one attached hydrogen (secondary N) is 2. The maximum absolute atomic E-state index is 12.7. The lowest BCUT2D eigenvalue weighted by Crippen LogP contribution is -2.24. The Labute approximate surface area is 206 Å². The molecular formula is C25H21N3O7S. The van der Waals surface area contributed by atoms with Gasteiger partial charge in [0.25, 0.3) is 21.7 Å². The van der Waals surface area contributed by atoms with E-state index in [1.807, 2.05) is 6.92 Å². The van der Waals surface area contributed by atoms with Gasteiger partial charge in [0.1, 0.15) is 5.75 Å². The Morgan fingerprint density at radius 1 is 0.889 bits per heavy atom. The molecule has 2 N–H and O–H groups in total. The van der Waals surface area contributed by atoms with Crippen LogP contribution in [0.25, 0.3) is 0 Å². The van der Waals surface area contributed by atoms with E-state index in [0.29, 0.717) is 12.4 Å². The fraction of sp³-hybridized carbons (Fsp3) is 0.0800. The topological polar surface area (TPSA) is 140 Å². The van der Waals surface area contributed by atoms with Crippen molar-refractivity contribution in [2.75, 3.05) is 11.3 Å². The van der Waals surface area contributed by atoms with Crippen LogP contribution >= 0.6 is 0 Å². The van der Waals surface area contributed by atoms with Gasteiger partial charge in [-0.2, -0.15) is 5.10 Å². The predicted octanol–water partition coefficient (Wildman–Crippen LogP) is 4.09. The third kappa shape index (κ3) is 5.70. The van der Waals surface area contributed by atoms with E-state index < -0.39 is 21.7 Å². The molecule has 0 saturated carbocycles. The highest BCUT2D eigenvalue weighted by Crippen LogP contribution is 2.20. The summed E-state index contributed by atoms with van der Waals surface area (Å²) in [6.45, 7) is 2.31. The number of anilines is 1. The van der Waals surface area contributed by atoms with Crippen LogP contribution in [-0.2, 0) is 10.0 Å². The number of hydrogen-bond acceptors (Lipinski definition) is 8. The zero-order valence-corrected chi connectivity index (χ0v) is 19.8. The molecule has 0 aliphatic heterocycles. The van der Waals surface area contributed by atoms with E-state index >= 15 is 0 Å². The van der Waals surface area contributed by atoms with Crippen molar-refractivity contribution in [3.05, 3.63) is 102 Å². The summed E-state index contributed by atoms with van der Waals surface area (Å²) in [7, 11) is -3.84. The zero-order valence-electron chi connectivity index (χ0n) is 19.0. The first-order valence-corrected chi connectivity index (χ1v) is 12.2. The van der Waals surface area contributed by atoms with E-state index in [1.165, 1.54) is 61.1 Å². The fourth-order valence-corrected chi connectivity index (χ4v) is 4.17. The molecule has 0 aliphatic rings. The molecule has 0 aliphatic carbocycles. The predicted molar refractivity (Wildman–Crippen MR) is 131 cm³/mol. The van der Waals surface area contributed by atoms with Gasteiger partial charge in [0, 0.05) is 11.3 Å². The van der Waals surface area contributed by atoms with Gasteiger partial charge in [-0.3, -0.25) is 14.3 Å². The number of ketones is 1. The largest absolute Gasteiger partial charge is 0.494 e. The zero-order chi connectivity index (χ0) is 25.5. The van der Waals surface area contributed by atoms with E-state index in [-0.39, 0.29) is 33.4 Å². The number of sulfonamides is 1. The van der Waals surface area contributed by atoms with Crippen LogP contribution in [0.5, 0.6) is 5.75 Å². The summed E-state index contributed by atoms with van der Waals surface area (Å²) in [6.07, 6.45) is 2.71. The third-order valence-electron chi connectivity index (χ3n) is 4.83. The van der Waals surface area contributed by atoms with Crippen molar-refractivity contribution in [1.82, 2.24) is 5.43 Å². The lowest BCUT2D eigenvalue weighted by Gasteiger charge is -2.10. The first-order chi connectivity index (χ1) is 17.4. The van der Waals surface area contributed by atoms with E-state index in [2.05, 4.69) is 15.2 Å². The Kier molecular flexibility index (Phi) is 7.31. The second-order valence-corrected chi connectivity index (χ2v) is 8.95. The fourth-order valence-electron chi connectivity index (χ4n) is 3.11. The second kappa shape index (κ2) is 10.7. The van der Waals surface area contributed by atoms with Gasteiger partial charge in [-0.1, -0.05) is 0 Å². The maximum atomic E-state index is 12.7. The Morgan fingerprint density at radius 2 is 1.53 bits per heavy atom. The van der Waals surface area contributed by atoms with E-state index in [0.717, 1.165) is 0 Å². The minimum Gasteiger partial charge on any atom is -0.494 e. The molecule has 0 bridgehead atoms. The molecule has 2 aromatic carbocycles. The maximum Gasteiger partial charge on any atom is 0.271 e. The van der Waals surface area contributed by atoms with Crippen molar-refractivity contribution in [2.45, 2.75) is 11.8 Å². The summed E-state index contributed by atoms with van der Waals surface area (Å²) < 4.78 is 43.4. The summed E-state index contributed by atoms with van der Waals surface area (Å²) in [4.78, 5) is 25.4. The molecule has 2 heterocycles. The highest BCUT2D eigenvalue weighted by Gasteiger charge is 2.22. The quantitative estimate of drug-likeness (QED) is 0.187. The molecule has 0 spiro atoms. The highest BCUT2D eigenvalue weighted by molar-refractivity contribution is 7.92. The number of hydrazone groups is 1. The smallest absolute Gasteiger partial charge is 0.271 e. The lowest BCUT2D eigenvalue weighted by atomic mass is 10.1. The Bertz CT molecular complexity index is 1460. The second-order valence-electron chi connectivity index (χ2n) is 7.27. The first kappa shape index (κ1) is 24.5. The standard InChI is InChI=1S/C25H21N3O7S/c1-2-33-19-11-13-20(14-12-19)36(31,32)28-18-9-7-17(8-10-18)25(30)27-26-23(21-5-3-15-34-21)24(29)22-6-4-16-35-22/h3-16,28H,2H2,1H3,(H,27,30)/b26-23+. The molecule has 11 heteroatoms.